The number of nitrogen functional groups attached to an aromatic ring is 3. The molecule has 6 aromatic carbocycles. The Morgan fingerprint density at radius 3 is 0.949 bits per heavy atom. The van der Waals surface area contributed by atoms with Crippen molar-refractivity contribution in [2.45, 2.75) is 295 Å². The number of carbonyl (C=O) groups is 6. The average Bonchev–Trinajstić information content (AvgIpc) is 1.49. The van der Waals surface area contributed by atoms with Crippen molar-refractivity contribution in [3.8, 4) is 0 Å². The first-order valence-corrected chi connectivity index (χ1v) is 52.8. The maximum absolute atomic E-state index is 13.0. The lowest BCUT2D eigenvalue weighted by molar-refractivity contribution is -0.385. The summed E-state index contributed by atoms with van der Waals surface area (Å²) in [5, 5.41) is 33.9. The predicted molar refractivity (Wildman–Crippen MR) is 515 cm³/mol. The summed E-state index contributed by atoms with van der Waals surface area (Å²) in [7, 11) is 0. The summed E-state index contributed by atoms with van der Waals surface area (Å²) >= 11 is 0. The molecule has 6 heterocycles. The Hall–Kier alpha value is -10.3. The molecular formula is C112H134N12O12. The molecule has 0 radical (unpaired) electrons. The third kappa shape index (κ3) is 14.2. The molecule has 0 spiro atoms. The van der Waals surface area contributed by atoms with Gasteiger partial charge in [0.05, 0.1) is 67.8 Å². The first-order chi connectivity index (χ1) is 65.5. The van der Waals surface area contributed by atoms with Crippen molar-refractivity contribution in [3.05, 3.63) is 206 Å². The first-order valence-electron chi connectivity index (χ1n) is 52.8. The normalized spacial score (nSPS) is 38.2. The van der Waals surface area contributed by atoms with Crippen LogP contribution in [0.5, 0.6) is 0 Å². The number of hydrogen-bond acceptors (Lipinski definition) is 15. The molecule has 24 bridgehead atoms. The quantitative estimate of drug-likeness (QED) is 0.0582. The maximum Gasteiger partial charge on any atom is 0.275 e. The van der Waals surface area contributed by atoms with Crippen LogP contribution in [0.3, 0.4) is 0 Å². The summed E-state index contributed by atoms with van der Waals surface area (Å²) in [4.78, 5) is 122. The third-order valence-electron chi connectivity index (χ3n) is 41.7. The van der Waals surface area contributed by atoms with Crippen LogP contribution in [0.4, 0.5) is 34.1 Å². The standard InChI is InChI=1S/C20H24N2O3.C20H26N2O.C19H24N2O.C18H20N2O3.C18H22N2O.C17H18N2O3/c1-12(20-8-13-5-14(9-20)7-15(6-13)10-20)21-11-17-16(19(21)23)3-2-4-18(17)22(24)25;1-12(20-8-13-5-14(9-20)7-15(6-13)10-20)22-11-17-16(19(22)23)3-2-4-18(17)21;20-17-3-1-2-15-16(17)10-21(18(15)22)11-19-7-12-4-13(8-19)6-14(5-12)9-19;21-18-14-2-1-3-16(20(22)23)15(14)9-19(18)17-12-5-10-4-11(7-12)8-13(17)6-10;19-16-3-1-2-14-15(16)9-20(18(14)21)17-12-5-10-4-11(7-12)8-13(17)6-10;20-16-13-2-1-3-15(19(21)22)14(13)9-18(16)17-7-10-4-11(8-17)6-12(17)5-10/h2-4,12-15H,5-11H2,1H3;2-4,12-15H,5-11,21H2,1H3;1-3,12-14H,4-11,20H2;1-3,10-13,17H,4-9H2;1-3,10-13,17H,4-9,19H2;1-3,10-12H,4-9H2. The minimum absolute atomic E-state index is 0.00243. The highest BCUT2D eigenvalue weighted by molar-refractivity contribution is 6.03. The summed E-state index contributed by atoms with van der Waals surface area (Å²) in [5.74, 6) is 17.3. The van der Waals surface area contributed by atoms with E-state index in [0.29, 0.717) is 106 Å². The number of hydrogen-bond donors (Lipinski definition) is 3. The molecule has 6 amide bonds. The van der Waals surface area contributed by atoms with E-state index in [1.54, 1.807) is 36.4 Å². The summed E-state index contributed by atoms with van der Waals surface area (Å²) in [6.45, 7) is 8.91. The van der Waals surface area contributed by atoms with E-state index < -0.39 is 0 Å². The monoisotopic (exact) mass is 1840 g/mol. The lowest BCUT2D eigenvalue weighted by Gasteiger charge is -2.60. The molecule has 0 aromatic heterocycles. The fraction of sp³-hybridized carbons (Fsp3) is 0.625. The zero-order chi connectivity index (χ0) is 92.9. The maximum atomic E-state index is 13.0. The molecule has 24 fully saturated rings. The van der Waals surface area contributed by atoms with E-state index in [2.05, 4.69) is 28.5 Å². The number of carbonyl (C=O) groups excluding carboxylic acids is 6. The van der Waals surface area contributed by atoms with Crippen molar-refractivity contribution < 1.29 is 43.5 Å². The Labute approximate surface area is 797 Å². The van der Waals surface area contributed by atoms with Gasteiger partial charge in [-0.15, -0.1) is 0 Å². The lowest BCUT2D eigenvalue weighted by atomic mass is 9.47. The molecule has 4 unspecified atom stereocenters. The van der Waals surface area contributed by atoms with E-state index in [1.807, 2.05) is 69.3 Å². The molecule has 136 heavy (non-hydrogen) atoms. The number of anilines is 3. The minimum Gasteiger partial charge on any atom is -0.398 e. The van der Waals surface area contributed by atoms with Gasteiger partial charge >= 0.3 is 0 Å². The smallest absolute Gasteiger partial charge is 0.275 e. The lowest BCUT2D eigenvalue weighted by Crippen LogP contribution is -2.56. The topological polar surface area (TPSA) is 329 Å². The average molecular weight is 1840 g/mol. The minimum atomic E-state index is -0.356. The highest BCUT2D eigenvalue weighted by atomic mass is 16.6. The number of nitro groups is 3. The Kier molecular flexibility index (Phi) is 20.8. The summed E-state index contributed by atoms with van der Waals surface area (Å²) in [5.41, 5.74) is 31.1. The van der Waals surface area contributed by atoms with Gasteiger partial charge in [0.1, 0.15) is 0 Å². The van der Waals surface area contributed by atoms with Crippen molar-refractivity contribution in [3.63, 3.8) is 0 Å². The number of nitrogens with two attached hydrogens (primary N) is 3. The summed E-state index contributed by atoms with van der Waals surface area (Å²) in [6.07, 6.45) is 44.0. The van der Waals surface area contributed by atoms with Crippen LogP contribution >= 0.6 is 0 Å². The highest BCUT2D eigenvalue weighted by Gasteiger charge is 2.65. The predicted octanol–water partition coefficient (Wildman–Crippen LogP) is 21.0. The van der Waals surface area contributed by atoms with Crippen molar-refractivity contribution in [2.24, 2.45) is 135 Å². The van der Waals surface area contributed by atoms with Crippen LogP contribution in [0.1, 0.15) is 321 Å². The van der Waals surface area contributed by atoms with Gasteiger partial charge in [0, 0.05) is 125 Å². The van der Waals surface area contributed by atoms with Gasteiger partial charge in [0.15, 0.2) is 0 Å². The molecule has 36 rings (SSSR count). The third-order valence-corrected chi connectivity index (χ3v) is 41.7. The van der Waals surface area contributed by atoms with Gasteiger partial charge in [0.2, 0.25) is 0 Å². The fourth-order valence-electron chi connectivity index (χ4n) is 38.2. The fourth-order valence-corrected chi connectivity index (χ4v) is 38.2. The summed E-state index contributed by atoms with van der Waals surface area (Å²) < 4.78 is 0. The molecule has 714 valence electrons. The van der Waals surface area contributed by atoms with Crippen LogP contribution in [0.25, 0.3) is 0 Å². The van der Waals surface area contributed by atoms with Crippen LogP contribution in [0.2, 0.25) is 0 Å². The molecule has 24 saturated carbocycles. The summed E-state index contributed by atoms with van der Waals surface area (Å²) in [6, 6.07) is 33.3. The number of nitrogens with zero attached hydrogens (tertiary/aromatic N) is 9. The van der Waals surface area contributed by atoms with Gasteiger partial charge in [0.25, 0.3) is 52.5 Å². The van der Waals surface area contributed by atoms with Gasteiger partial charge in [-0.3, -0.25) is 59.1 Å². The molecule has 6 aromatic rings. The van der Waals surface area contributed by atoms with Gasteiger partial charge in [-0.2, -0.15) is 0 Å². The molecule has 24 nitrogen and oxygen atoms in total. The van der Waals surface area contributed by atoms with Crippen LogP contribution in [-0.4, -0.2) is 116 Å². The first kappa shape index (κ1) is 87.3. The second-order valence-corrected chi connectivity index (χ2v) is 49.4. The van der Waals surface area contributed by atoms with Crippen LogP contribution in [-0.2, 0) is 39.3 Å². The Morgan fingerprint density at radius 2 is 0.588 bits per heavy atom. The Morgan fingerprint density at radius 1 is 0.309 bits per heavy atom. The Bertz CT molecular complexity index is 5820. The number of fused-ring (bicyclic) bond motifs is 6. The number of amides is 6. The van der Waals surface area contributed by atoms with E-state index in [1.165, 1.54) is 217 Å². The van der Waals surface area contributed by atoms with Crippen LogP contribution in [0, 0.1) is 165 Å². The number of rotatable bonds is 12. The molecule has 6 aliphatic heterocycles. The van der Waals surface area contributed by atoms with Crippen molar-refractivity contribution in [2.75, 3.05) is 23.7 Å². The molecule has 4 atom stereocenters. The van der Waals surface area contributed by atoms with E-state index in [4.69, 9.17) is 17.2 Å². The largest absolute Gasteiger partial charge is 0.398 e. The van der Waals surface area contributed by atoms with E-state index in [9.17, 15) is 59.1 Å². The molecular weight excluding hydrogens is 1710 g/mol. The molecule has 6 N–H and O–H groups in total. The molecule has 24 aliphatic carbocycles. The van der Waals surface area contributed by atoms with Crippen molar-refractivity contribution in [1.29, 1.82) is 0 Å². The van der Waals surface area contributed by atoms with E-state index >= 15 is 0 Å². The van der Waals surface area contributed by atoms with Crippen LogP contribution < -0.4 is 17.2 Å². The number of benzene rings is 6. The molecule has 30 aliphatic rings. The highest BCUT2D eigenvalue weighted by Crippen LogP contribution is 2.68. The van der Waals surface area contributed by atoms with Gasteiger partial charge in [-0.05, 0) is 415 Å². The van der Waals surface area contributed by atoms with E-state index in [0.717, 1.165) is 184 Å². The van der Waals surface area contributed by atoms with Gasteiger partial charge in [-0.25, -0.2) is 0 Å². The van der Waals surface area contributed by atoms with Crippen LogP contribution in [0.15, 0.2) is 109 Å². The van der Waals surface area contributed by atoms with Crippen molar-refractivity contribution in [1.82, 2.24) is 29.4 Å². The molecule has 24 heteroatoms. The SMILES string of the molecule is CC(N1Cc2c(N)cccc2C1=O)C12CC3CC(CC(C3)C1)C2.CC(N1Cc2c(cccc2[N+](=O)[O-])C1=O)C12CC3CC(CC(C3)C1)C2.Nc1cccc2c1CN(C1C3CC4CC(C3)CC1C4)C2=O.Nc1cccc2c1CN(CC13CC4CC(CC(C4)C1)C3)C2=O.O=C1c2cccc([N+](=O)[O-])c2CN1C12CC3CC(CC1C3)C2.O=C1c2cccc([N+](=O)[O-])c2CN1C1C2CC3CC(C2)CC1C3. The second-order valence-electron chi connectivity index (χ2n) is 49.4. The van der Waals surface area contributed by atoms with E-state index in [-0.39, 0.29) is 84.3 Å². The zero-order valence-electron chi connectivity index (χ0n) is 79.2. The Balaban J connectivity index is 0.0000000869. The molecule has 0 saturated heterocycles. The van der Waals surface area contributed by atoms with Gasteiger partial charge < -0.3 is 46.6 Å². The van der Waals surface area contributed by atoms with Gasteiger partial charge in [-0.1, -0.05) is 36.4 Å². The van der Waals surface area contributed by atoms with Crippen molar-refractivity contribution >= 4 is 69.6 Å². The number of nitro benzene ring substituents is 3. The second kappa shape index (κ2) is 32.4. The zero-order valence-corrected chi connectivity index (χ0v) is 79.2.